The Kier molecular flexibility index (Phi) is 6.92. The number of nitrogens with one attached hydrogen (secondary N) is 2. The molecule has 1 aromatic heterocycles. The molecule has 0 saturated heterocycles. The van der Waals surface area contributed by atoms with Gasteiger partial charge in [0.25, 0.3) is 11.8 Å². The van der Waals surface area contributed by atoms with E-state index in [9.17, 15) is 9.59 Å². The molecule has 0 unspecified atom stereocenters. The predicted molar refractivity (Wildman–Crippen MR) is 114 cm³/mol. The summed E-state index contributed by atoms with van der Waals surface area (Å²) in [6, 6.07) is 12.4. The minimum atomic E-state index is -0.471. The van der Waals surface area contributed by atoms with Crippen LogP contribution in [0, 0.1) is 27.7 Å². The van der Waals surface area contributed by atoms with E-state index in [1.54, 1.807) is 24.3 Å². The molecule has 0 saturated carbocycles. The normalized spacial score (nSPS) is 10.5. The molecule has 3 rings (SSSR count). The second kappa shape index (κ2) is 9.80. The standard InChI is InChI=1S/C23H25N3O5/c1-14-7-5-8-15(2)22(14)30-13-21(27)24-25-23(28)18-9-6-10-19(11-18)29-12-20-16(3)26-31-17(20)4/h5-11H,12-13H2,1-4H3,(H,24,27)(H,25,28). The van der Waals surface area contributed by atoms with E-state index in [2.05, 4.69) is 16.0 Å². The Labute approximate surface area is 180 Å². The van der Waals surface area contributed by atoms with Crippen LogP contribution >= 0.6 is 0 Å². The number of para-hydroxylation sites is 1. The van der Waals surface area contributed by atoms with Gasteiger partial charge in [0.1, 0.15) is 23.9 Å². The molecule has 0 spiro atoms. The molecule has 0 atom stereocenters. The average molecular weight is 423 g/mol. The number of rotatable bonds is 7. The Morgan fingerprint density at radius 2 is 1.68 bits per heavy atom. The number of carbonyl (C=O) groups is 2. The van der Waals surface area contributed by atoms with E-state index in [0.29, 0.717) is 22.8 Å². The monoisotopic (exact) mass is 423 g/mol. The van der Waals surface area contributed by atoms with Crippen molar-refractivity contribution in [3.05, 3.63) is 76.2 Å². The van der Waals surface area contributed by atoms with Crippen LogP contribution in [0.1, 0.15) is 38.5 Å². The minimum absolute atomic E-state index is 0.216. The fourth-order valence-electron chi connectivity index (χ4n) is 2.99. The Hall–Kier alpha value is -3.81. The maximum atomic E-state index is 12.4. The van der Waals surface area contributed by atoms with E-state index in [1.165, 1.54) is 0 Å². The Morgan fingerprint density at radius 3 is 2.35 bits per heavy atom. The molecule has 2 aromatic carbocycles. The minimum Gasteiger partial charge on any atom is -0.489 e. The zero-order valence-corrected chi connectivity index (χ0v) is 17.9. The zero-order valence-electron chi connectivity index (χ0n) is 17.9. The van der Waals surface area contributed by atoms with Gasteiger partial charge in [0.2, 0.25) is 0 Å². The zero-order chi connectivity index (χ0) is 22.4. The first-order valence-corrected chi connectivity index (χ1v) is 9.78. The summed E-state index contributed by atoms with van der Waals surface area (Å²) in [5, 5.41) is 3.89. The van der Waals surface area contributed by atoms with Gasteiger partial charge in [-0.3, -0.25) is 20.4 Å². The van der Waals surface area contributed by atoms with E-state index < -0.39 is 11.8 Å². The van der Waals surface area contributed by atoms with Crippen molar-refractivity contribution in [1.29, 1.82) is 0 Å². The van der Waals surface area contributed by atoms with Crippen molar-refractivity contribution in [2.75, 3.05) is 6.61 Å². The molecular formula is C23H25N3O5. The molecule has 2 amide bonds. The van der Waals surface area contributed by atoms with Crippen molar-refractivity contribution in [2.45, 2.75) is 34.3 Å². The average Bonchev–Trinajstić information content (AvgIpc) is 3.07. The highest BCUT2D eigenvalue weighted by Crippen LogP contribution is 2.22. The van der Waals surface area contributed by atoms with Gasteiger partial charge in [-0.1, -0.05) is 29.4 Å². The lowest BCUT2D eigenvalue weighted by molar-refractivity contribution is -0.123. The maximum absolute atomic E-state index is 12.4. The molecule has 0 aliphatic heterocycles. The van der Waals surface area contributed by atoms with Gasteiger partial charge < -0.3 is 14.0 Å². The summed E-state index contributed by atoms with van der Waals surface area (Å²) >= 11 is 0. The molecule has 0 aliphatic rings. The van der Waals surface area contributed by atoms with Gasteiger partial charge in [-0.25, -0.2) is 0 Å². The summed E-state index contributed by atoms with van der Waals surface area (Å²) in [5.41, 5.74) is 8.57. The highest BCUT2D eigenvalue weighted by Gasteiger charge is 2.12. The van der Waals surface area contributed by atoms with Crippen LogP contribution in [0.2, 0.25) is 0 Å². The number of hydrogen-bond donors (Lipinski definition) is 2. The summed E-state index contributed by atoms with van der Waals surface area (Å²) in [7, 11) is 0. The number of aromatic nitrogens is 1. The van der Waals surface area contributed by atoms with Crippen molar-refractivity contribution < 1.29 is 23.6 Å². The molecule has 2 N–H and O–H groups in total. The van der Waals surface area contributed by atoms with Gasteiger partial charge in [0.05, 0.1) is 11.3 Å². The van der Waals surface area contributed by atoms with Gasteiger partial charge >= 0.3 is 0 Å². The lowest BCUT2D eigenvalue weighted by Crippen LogP contribution is -2.43. The SMILES string of the molecule is Cc1cccc(C)c1OCC(=O)NNC(=O)c1cccc(OCc2c(C)noc2C)c1. The summed E-state index contributed by atoms with van der Waals surface area (Å²) in [6.07, 6.45) is 0. The highest BCUT2D eigenvalue weighted by atomic mass is 16.5. The Balaban J connectivity index is 1.51. The van der Waals surface area contributed by atoms with E-state index in [4.69, 9.17) is 14.0 Å². The van der Waals surface area contributed by atoms with Gasteiger partial charge in [-0.05, 0) is 57.0 Å². The lowest BCUT2D eigenvalue weighted by atomic mass is 10.1. The number of hydrazine groups is 1. The number of carbonyl (C=O) groups excluding carboxylic acids is 2. The van der Waals surface area contributed by atoms with Gasteiger partial charge in [0, 0.05) is 5.56 Å². The van der Waals surface area contributed by atoms with Gasteiger partial charge in [0.15, 0.2) is 6.61 Å². The molecule has 0 fully saturated rings. The van der Waals surface area contributed by atoms with Crippen molar-refractivity contribution >= 4 is 11.8 Å². The van der Waals surface area contributed by atoms with Gasteiger partial charge in [-0.15, -0.1) is 0 Å². The summed E-state index contributed by atoms with van der Waals surface area (Å²) < 4.78 is 16.4. The molecule has 162 valence electrons. The molecule has 3 aromatic rings. The van der Waals surface area contributed by atoms with Crippen molar-refractivity contribution in [3.8, 4) is 11.5 Å². The first-order valence-electron chi connectivity index (χ1n) is 9.78. The molecule has 0 radical (unpaired) electrons. The van der Waals surface area contributed by atoms with Crippen molar-refractivity contribution in [2.24, 2.45) is 0 Å². The molecular weight excluding hydrogens is 398 g/mol. The van der Waals surface area contributed by atoms with Crippen LogP contribution in [0.3, 0.4) is 0 Å². The van der Waals surface area contributed by atoms with E-state index in [1.807, 2.05) is 45.9 Å². The third-order valence-corrected chi connectivity index (χ3v) is 4.73. The smallest absolute Gasteiger partial charge is 0.276 e. The predicted octanol–water partition coefficient (Wildman–Crippen LogP) is 3.33. The number of nitrogens with zero attached hydrogens (tertiary/aromatic N) is 1. The third kappa shape index (κ3) is 5.63. The van der Waals surface area contributed by atoms with E-state index >= 15 is 0 Å². The molecule has 8 nitrogen and oxygen atoms in total. The van der Waals surface area contributed by atoms with Crippen LogP contribution in [0.4, 0.5) is 0 Å². The second-order valence-electron chi connectivity index (χ2n) is 7.13. The first kappa shape index (κ1) is 21.9. The number of ether oxygens (including phenoxy) is 2. The summed E-state index contributed by atoms with van der Waals surface area (Å²) in [5.74, 6) is 0.923. The fraction of sp³-hybridized carbons (Fsp3) is 0.261. The van der Waals surface area contributed by atoms with Gasteiger partial charge in [-0.2, -0.15) is 0 Å². The molecule has 0 bridgehead atoms. The van der Waals surface area contributed by atoms with E-state index in [0.717, 1.165) is 22.4 Å². The largest absolute Gasteiger partial charge is 0.489 e. The van der Waals surface area contributed by atoms with Crippen LogP contribution in [0.15, 0.2) is 47.0 Å². The molecule has 8 heteroatoms. The number of amides is 2. The second-order valence-corrected chi connectivity index (χ2v) is 7.13. The first-order chi connectivity index (χ1) is 14.8. The quantitative estimate of drug-likeness (QED) is 0.565. The van der Waals surface area contributed by atoms with Crippen molar-refractivity contribution in [3.63, 3.8) is 0 Å². The Bertz CT molecular complexity index is 1050. The van der Waals surface area contributed by atoms with Crippen LogP contribution in [-0.4, -0.2) is 23.6 Å². The summed E-state index contributed by atoms with van der Waals surface area (Å²) in [6.45, 7) is 7.53. The maximum Gasteiger partial charge on any atom is 0.276 e. The molecule has 0 aliphatic carbocycles. The molecule has 1 heterocycles. The highest BCUT2D eigenvalue weighted by molar-refractivity contribution is 5.95. The van der Waals surface area contributed by atoms with Crippen molar-refractivity contribution in [1.82, 2.24) is 16.0 Å². The number of hydrogen-bond acceptors (Lipinski definition) is 6. The van der Waals surface area contributed by atoms with Crippen LogP contribution in [-0.2, 0) is 11.4 Å². The number of aryl methyl sites for hydroxylation is 4. The van der Waals surface area contributed by atoms with Crippen LogP contribution in [0.5, 0.6) is 11.5 Å². The van der Waals surface area contributed by atoms with Crippen LogP contribution in [0.25, 0.3) is 0 Å². The van der Waals surface area contributed by atoms with Crippen LogP contribution < -0.4 is 20.3 Å². The fourth-order valence-corrected chi connectivity index (χ4v) is 2.99. The summed E-state index contributed by atoms with van der Waals surface area (Å²) in [4.78, 5) is 24.4. The lowest BCUT2D eigenvalue weighted by Gasteiger charge is -2.12. The van der Waals surface area contributed by atoms with E-state index in [-0.39, 0.29) is 13.2 Å². The Morgan fingerprint density at radius 1 is 0.968 bits per heavy atom. The topological polar surface area (TPSA) is 103 Å². The number of benzene rings is 2. The third-order valence-electron chi connectivity index (χ3n) is 4.73. The molecule has 31 heavy (non-hydrogen) atoms.